The van der Waals surface area contributed by atoms with Gasteiger partial charge in [0.2, 0.25) is 5.88 Å². The SMILES string of the molecule is CCCc1cc(OC)nc(-c2cc(OCC)ccn2)n1. The van der Waals surface area contributed by atoms with Crippen LogP contribution in [0, 0.1) is 0 Å². The molecule has 0 saturated carbocycles. The van der Waals surface area contributed by atoms with Crippen LogP contribution in [0.1, 0.15) is 26.0 Å². The van der Waals surface area contributed by atoms with E-state index < -0.39 is 0 Å². The minimum absolute atomic E-state index is 0.557. The Labute approximate surface area is 119 Å². The van der Waals surface area contributed by atoms with Crippen molar-refractivity contribution in [2.24, 2.45) is 0 Å². The van der Waals surface area contributed by atoms with E-state index in [-0.39, 0.29) is 0 Å². The summed E-state index contributed by atoms with van der Waals surface area (Å²) in [6.07, 6.45) is 3.60. The molecule has 0 spiro atoms. The number of rotatable bonds is 6. The summed E-state index contributed by atoms with van der Waals surface area (Å²) in [4.78, 5) is 13.2. The summed E-state index contributed by atoms with van der Waals surface area (Å²) >= 11 is 0. The zero-order valence-electron chi connectivity index (χ0n) is 12.1. The van der Waals surface area contributed by atoms with Gasteiger partial charge >= 0.3 is 0 Å². The summed E-state index contributed by atoms with van der Waals surface area (Å²) in [6, 6.07) is 5.52. The van der Waals surface area contributed by atoms with Crippen molar-refractivity contribution in [1.29, 1.82) is 0 Å². The monoisotopic (exact) mass is 273 g/mol. The van der Waals surface area contributed by atoms with Gasteiger partial charge in [-0.2, -0.15) is 4.98 Å². The van der Waals surface area contributed by atoms with Gasteiger partial charge in [0, 0.05) is 24.0 Å². The molecule has 0 aliphatic heterocycles. The molecule has 0 atom stereocenters. The maximum Gasteiger partial charge on any atom is 0.216 e. The molecule has 0 fully saturated rings. The molecule has 2 aromatic heterocycles. The Kier molecular flexibility index (Phi) is 4.87. The number of hydrogen-bond donors (Lipinski definition) is 0. The molecule has 5 heteroatoms. The van der Waals surface area contributed by atoms with Gasteiger partial charge in [-0.05, 0) is 19.4 Å². The van der Waals surface area contributed by atoms with Crippen LogP contribution in [0.25, 0.3) is 11.5 Å². The normalized spacial score (nSPS) is 10.3. The van der Waals surface area contributed by atoms with Crippen LogP contribution in [0.2, 0.25) is 0 Å². The van der Waals surface area contributed by atoms with Gasteiger partial charge in [-0.3, -0.25) is 4.98 Å². The van der Waals surface area contributed by atoms with Gasteiger partial charge in [0.25, 0.3) is 0 Å². The van der Waals surface area contributed by atoms with Crippen LogP contribution in [0.3, 0.4) is 0 Å². The minimum Gasteiger partial charge on any atom is -0.494 e. The van der Waals surface area contributed by atoms with Crippen LogP contribution in [0.4, 0.5) is 0 Å². The lowest BCUT2D eigenvalue weighted by Gasteiger charge is -2.08. The first-order chi connectivity index (χ1) is 9.76. The first kappa shape index (κ1) is 14.2. The molecular weight excluding hydrogens is 254 g/mol. The largest absolute Gasteiger partial charge is 0.494 e. The van der Waals surface area contributed by atoms with Gasteiger partial charge in [0.1, 0.15) is 11.4 Å². The summed E-state index contributed by atoms with van der Waals surface area (Å²) in [7, 11) is 1.60. The molecule has 106 valence electrons. The summed E-state index contributed by atoms with van der Waals surface area (Å²) in [5, 5.41) is 0. The third kappa shape index (κ3) is 3.44. The van der Waals surface area contributed by atoms with Gasteiger partial charge in [-0.1, -0.05) is 13.3 Å². The molecule has 5 nitrogen and oxygen atoms in total. The van der Waals surface area contributed by atoms with E-state index in [9.17, 15) is 0 Å². The Morgan fingerprint density at radius 1 is 1.15 bits per heavy atom. The maximum absolute atomic E-state index is 5.48. The highest BCUT2D eigenvalue weighted by atomic mass is 16.5. The second-order valence-corrected chi connectivity index (χ2v) is 4.29. The van der Waals surface area contributed by atoms with E-state index in [4.69, 9.17) is 9.47 Å². The first-order valence-electron chi connectivity index (χ1n) is 6.78. The minimum atomic E-state index is 0.557. The summed E-state index contributed by atoms with van der Waals surface area (Å²) < 4.78 is 10.7. The fourth-order valence-corrected chi connectivity index (χ4v) is 1.87. The average molecular weight is 273 g/mol. The molecule has 0 amide bonds. The molecule has 0 aliphatic rings. The van der Waals surface area contributed by atoms with E-state index in [1.165, 1.54) is 0 Å². The van der Waals surface area contributed by atoms with Crippen molar-refractivity contribution in [3.05, 3.63) is 30.1 Å². The van der Waals surface area contributed by atoms with E-state index in [0.29, 0.717) is 24.0 Å². The smallest absolute Gasteiger partial charge is 0.216 e. The second-order valence-electron chi connectivity index (χ2n) is 4.29. The predicted molar refractivity (Wildman–Crippen MR) is 77.0 cm³/mol. The Balaban J connectivity index is 2.39. The van der Waals surface area contributed by atoms with Gasteiger partial charge in [0.05, 0.1) is 13.7 Å². The number of ether oxygens (including phenoxy) is 2. The topological polar surface area (TPSA) is 57.1 Å². The third-order valence-electron chi connectivity index (χ3n) is 2.74. The standard InChI is InChI=1S/C15H19N3O2/c1-4-6-11-9-14(19-3)18-15(17-11)13-10-12(20-5-2)7-8-16-13/h7-10H,4-6H2,1-3H3. The molecule has 2 heterocycles. The van der Waals surface area contributed by atoms with Gasteiger partial charge in [-0.25, -0.2) is 4.98 Å². The van der Waals surface area contributed by atoms with Crippen LogP contribution < -0.4 is 9.47 Å². The van der Waals surface area contributed by atoms with Crippen molar-refractivity contribution >= 4 is 0 Å². The first-order valence-corrected chi connectivity index (χ1v) is 6.78. The van der Waals surface area contributed by atoms with Crippen LogP contribution in [0.5, 0.6) is 11.6 Å². The van der Waals surface area contributed by atoms with Crippen molar-refractivity contribution in [2.75, 3.05) is 13.7 Å². The zero-order chi connectivity index (χ0) is 14.4. The van der Waals surface area contributed by atoms with Crippen molar-refractivity contribution in [3.63, 3.8) is 0 Å². The fourth-order valence-electron chi connectivity index (χ4n) is 1.87. The maximum atomic E-state index is 5.48. The number of methoxy groups -OCH3 is 1. The van der Waals surface area contributed by atoms with Crippen molar-refractivity contribution < 1.29 is 9.47 Å². The average Bonchev–Trinajstić information content (AvgIpc) is 2.48. The summed E-state index contributed by atoms with van der Waals surface area (Å²) in [6.45, 7) is 4.67. The lowest BCUT2D eigenvalue weighted by atomic mass is 10.2. The Bertz CT molecular complexity index is 573. The molecule has 2 rings (SSSR count). The Hall–Kier alpha value is -2.17. The van der Waals surface area contributed by atoms with E-state index in [1.54, 1.807) is 13.3 Å². The second kappa shape index (κ2) is 6.84. The number of hydrogen-bond acceptors (Lipinski definition) is 5. The third-order valence-corrected chi connectivity index (χ3v) is 2.74. The molecule has 0 bridgehead atoms. The molecule has 0 aliphatic carbocycles. The highest BCUT2D eigenvalue weighted by Gasteiger charge is 2.09. The predicted octanol–water partition coefficient (Wildman–Crippen LogP) is 2.90. The van der Waals surface area contributed by atoms with E-state index in [0.717, 1.165) is 24.3 Å². The number of aromatic nitrogens is 3. The fraction of sp³-hybridized carbons (Fsp3) is 0.400. The van der Waals surface area contributed by atoms with E-state index in [1.807, 2.05) is 25.1 Å². The van der Waals surface area contributed by atoms with E-state index >= 15 is 0 Å². The molecule has 0 saturated heterocycles. The highest BCUT2D eigenvalue weighted by Crippen LogP contribution is 2.21. The quantitative estimate of drug-likeness (QED) is 0.810. The summed E-state index contributed by atoms with van der Waals surface area (Å²) in [5.74, 6) is 1.89. The molecular formula is C15H19N3O2. The van der Waals surface area contributed by atoms with Crippen LogP contribution in [-0.2, 0) is 6.42 Å². The van der Waals surface area contributed by atoms with Gasteiger partial charge in [0.15, 0.2) is 5.82 Å². The number of aryl methyl sites for hydroxylation is 1. The number of nitrogens with zero attached hydrogens (tertiary/aromatic N) is 3. The lowest BCUT2D eigenvalue weighted by molar-refractivity contribution is 0.340. The molecule has 0 radical (unpaired) electrons. The van der Waals surface area contributed by atoms with Gasteiger partial charge in [-0.15, -0.1) is 0 Å². The molecule has 0 aromatic carbocycles. The van der Waals surface area contributed by atoms with Gasteiger partial charge < -0.3 is 9.47 Å². The molecule has 0 unspecified atom stereocenters. The van der Waals surface area contributed by atoms with Crippen LogP contribution >= 0.6 is 0 Å². The zero-order valence-corrected chi connectivity index (χ0v) is 12.1. The molecule has 0 N–H and O–H groups in total. The van der Waals surface area contributed by atoms with Crippen LogP contribution in [0.15, 0.2) is 24.4 Å². The highest BCUT2D eigenvalue weighted by molar-refractivity contribution is 5.52. The van der Waals surface area contributed by atoms with Crippen molar-refractivity contribution in [3.8, 4) is 23.1 Å². The lowest BCUT2D eigenvalue weighted by Crippen LogP contribution is -2.00. The van der Waals surface area contributed by atoms with Crippen molar-refractivity contribution in [2.45, 2.75) is 26.7 Å². The van der Waals surface area contributed by atoms with Crippen molar-refractivity contribution in [1.82, 2.24) is 15.0 Å². The Morgan fingerprint density at radius 2 is 2.00 bits per heavy atom. The molecule has 20 heavy (non-hydrogen) atoms. The van der Waals surface area contributed by atoms with Crippen LogP contribution in [-0.4, -0.2) is 28.7 Å². The summed E-state index contributed by atoms with van der Waals surface area (Å²) in [5.41, 5.74) is 1.64. The van der Waals surface area contributed by atoms with E-state index in [2.05, 4.69) is 21.9 Å². The Morgan fingerprint density at radius 3 is 2.70 bits per heavy atom. The molecule has 2 aromatic rings. The number of pyridine rings is 1.